The molecule has 0 unspecified atom stereocenters. The first-order valence-corrected chi connectivity index (χ1v) is 6.19. The summed E-state index contributed by atoms with van der Waals surface area (Å²) in [6.07, 6.45) is -4.70. The van der Waals surface area contributed by atoms with Crippen LogP contribution in [0.1, 0.15) is 0 Å². The molecule has 1 aliphatic rings. The van der Waals surface area contributed by atoms with Crippen molar-refractivity contribution in [1.82, 2.24) is 0 Å². The van der Waals surface area contributed by atoms with E-state index in [1.807, 2.05) is 0 Å². The lowest BCUT2D eigenvalue weighted by Crippen LogP contribution is -2.33. The molecule has 1 fully saturated rings. The Morgan fingerprint density at radius 3 is 2.50 bits per heavy atom. The van der Waals surface area contributed by atoms with Gasteiger partial charge in [-0.05, 0) is 12.1 Å². The summed E-state index contributed by atoms with van der Waals surface area (Å²) in [4.78, 5) is 22.3. The van der Waals surface area contributed by atoms with Crippen LogP contribution < -0.4 is 10.6 Å². The Labute approximate surface area is 122 Å². The van der Waals surface area contributed by atoms with Gasteiger partial charge in [0, 0.05) is 24.8 Å². The van der Waals surface area contributed by atoms with Crippen LogP contribution in [0.5, 0.6) is 0 Å². The van der Waals surface area contributed by atoms with Gasteiger partial charge in [0.15, 0.2) is 0 Å². The van der Waals surface area contributed by atoms with E-state index >= 15 is 0 Å². The smallest absolute Gasteiger partial charge is 0.394 e. The van der Waals surface area contributed by atoms with Crippen molar-refractivity contribution in [3.05, 3.63) is 28.3 Å². The van der Waals surface area contributed by atoms with Crippen molar-refractivity contribution in [2.75, 3.05) is 23.7 Å². The summed E-state index contributed by atoms with van der Waals surface area (Å²) in [5.74, 6) is -5.36. The molecule has 2 atom stereocenters. The third kappa shape index (κ3) is 2.90. The summed E-state index contributed by atoms with van der Waals surface area (Å²) in [5, 5.41) is 19.9. The van der Waals surface area contributed by atoms with E-state index < -0.39 is 47.7 Å². The number of hydrogen-bond acceptors (Lipinski definition) is 5. The molecular formula is C12H12F3N3O4. The summed E-state index contributed by atoms with van der Waals surface area (Å²) in [6.45, 7) is -1.13. The van der Waals surface area contributed by atoms with Gasteiger partial charge in [0.2, 0.25) is 0 Å². The maximum atomic E-state index is 13.0. The van der Waals surface area contributed by atoms with E-state index in [1.165, 1.54) is 12.1 Å². The van der Waals surface area contributed by atoms with Crippen LogP contribution in [0.25, 0.3) is 0 Å². The van der Waals surface area contributed by atoms with Gasteiger partial charge in [-0.2, -0.15) is 13.2 Å². The second-order valence-corrected chi connectivity index (χ2v) is 5.00. The average Bonchev–Trinajstić information content (AvgIpc) is 2.83. The highest BCUT2D eigenvalue weighted by molar-refractivity contribution is 5.75. The summed E-state index contributed by atoms with van der Waals surface area (Å²) < 4.78 is 38.9. The Kier molecular flexibility index (Phi) is 3.86. The second kappa shape index (κ2) is 5.35. The van der Waals surface area contributed by atoms with Crippen molar-refractivity contribution < 1.29 is 28.0 Å². The number of anilines is 2. The monoisotopic (exact) mass is 319 g/mol. The van der Waals surface area contributed by atoms with Crippen molar-refractivity contribution in [3.8, 4) is 0 Å². The number of hydrogen-bond donors (Lipinski definition) is 2. The van der Waals surface area contributed by atoms with E-state index in [0.29, 0.717) is 0 Å². The van der Waals surface area contributed by atoms with Crippen LogP contribution in [0.2, 0.25) is 0 Å². The number of halogens is 3. The van der Waals surface area contributed by atoms with E-state index in [0.717, 1.165) is 11.0 Å². The lowest BCUT2D eigenvalue weighted by molar-refractivity contribution is -0.384. The molecule has 0 saturated carbocycles. The van der Waals surface area contributed by atoms with Crippen molar-refractivity contribution >= 4 is 23.0 Å². The van der Waals surface area contributed by atoms with Gasteiger partial charge in [-0.15, -0.1) is 0 Å². The molecule has 1 aliphatic heterocycles. The number of carboxylic acid groups (broad SMARTS) is 1. The highest BCUT2D eigenvalue weighted by Gasteiger charge is 2.53. The molecule has 22 heavy (non-hydrogen) atoms. The molecule has 0 amide bonds. The minimum atomic E-state index is -4.70. The molecule has 1 saturated heterocycles. The molecule has 1 aromatic rings. The predicted molar refractivity (Wildman–Crippen MR) is 70.4 cm³/mol. The number of nitro benzene ring substituents is 1. The SMILES string of the molecule is Nc1ccc([N+](=O)[O-])c(N2C[C@@H](C(F)(F)F)[C@H](C(=O)O)C2)c1. The maximum absolute atomic E-state index is 13.0. The van der Waals surface area contributed by atoms with Gasteiger partial charge in [-0.1, -0.05) is 0 Å². The predicted octanol–water partition coefficient (Wildman–Crippen LogP) is 1.88. The number of nitrogen functional groups attached to an aromatic ring is 1. The molecule has 0 aliphatic carbocycles. The number of alkyl halides is 3. The first-order valence-electron chi connectivity index (χ1n) is 6.19. The Bertz CT molecular complexity index is 620. The fraction of sp³-hybridized carbons (Fsp3) is 0.417. The van der Waals surface area contributed by atoms with Gasteiger partial charge in [0.25, 0.3) is 5.69 Å². The first-order chi connectivity index (χ1) is 10.1. The van der Waals surface area contributed by atoms with E-state index in [9.17, 15) is 28.1 Å². The molecular weight excluding hydrogens is 307 g/mol. The van der Waals surface area contributed by atoms with Gasteiger partial charge in [-0.3, -0.25) is 14.9 Å². The number of nitro groups is 1. The minimum absolute atomic E-state index is 0.108. The van der Waals surface area contributed by atoms with Crippen LogP contribution in [-0.2, 0) is 4.79 Å². The summed E-state index contributed by atoms with van der Waals surface area (Å²) in [6, 6.07) is 3.52. The highest BCUT2D eigenvalue weighted by Crippen LogP contribution is 2.42. The second-order valence-electron chi connectivity index (χ2n) is 5.00. The Morgan fingerprint density at radius 1 is 1.41 bits per heavy atom. The largest absolute Gasteiger partial charge is 0.481 e. The van der Waals surface area contributed by atoms with Gasteiger partial charge >= 0.3 is 12.1 Å². The fourth-order valence-corrected chi connectivity index (χ4v) is 2.53. The van der Waals surface area contributed by atoms with Crippen LogP contribution in [0.4, 0.5) is 30.2 Å². The first kappa shape index (κ1) is 15.9. The lowest BCUT2D eigenvalue weighted by atomic mass is 9.96. The van der Waals surface area contributed by atoms with Crippen molar-refractivity contribution in [1.29, 1.82) is 0 Å². The number of nitrogens with two attached hydrogens (primary N) is 1. The minimum Gasteiger partial charge on any atom is -0.481 e. The van der Waals surface area contributed by atoms with Gasteiger partial charge in [0.05, 0.1) is 16.8 Å². The Morgan fingerprint density at radius 2 is 2.05 bits per heavy atom. The molecule has 10 heteroatoms. The molecule has 7 nitrogen and oxygen atoms in total. The Hall–Kier alpha value is -2.52. The van der Waals surface area contributed by atoms with E-state index in [4.69, 9.17) is 10.8 Å². The third-order valence-electron chi connectivity index (χ3n) is 3.59. The van der Waals surface area contributed by atoms with Crippen LogP contribution >= 0.6 is 0 Å². The molecule has 1 heterocycles. The lowest BCUT2D eigenvalue weighted by Gasteiger charge is -2.19. The zero-order valence-electron chi connectivity index (χ0n) is 11.1. The van der Waals surface area contributed by atoms with Crippen LogP contribution in [-0.4, -0.2) is 35.3 Å². The summed E-state index contributed by atoms with van der Waals surface area (Å²) in [7, 11) is 0. The van der Waals surface area contributed by atoms with E-state index in [-0.39, 0.29) is 11.4 Å². The number of nitrogens with zero attached hydrogens (tertiary/aromatic N) is 2. The number of carbonyl (C=O) groups is 1. The zero-order valence-corrected chi connectivity index (χ0v) is 11.1. The fourth-order valence-electron chi connectivity index (χ4n) is 2.53. The maximum Gasteiger partial charge on any atom is 0.394 e. The normalized spacial score (nSPS) is 21.9. The van der Waals surface area contributed by atoms with Gasteiger partial charge < -0.3 is 15.7 Å². The molecule has 0 aromatic heterocycles. The van der Waals surface area contributed by atoms with Crippen molar-refractivity contribution in [2.45, 2.75) is 6.18 Å². The van der Waals surface area contributed by atoms with Crippen molar-refractivity contribution in [3.63, 3.8) is 0 Å². The zero-order chi connectivity index (χ0) is 16.7. The molecule has 0 radical (unpaired) electrons. The quantitative estimate of drug-likeness (QED) is 0.500. The van der Waals surface area contributed by atoms with Gasteiger partial charge in [0.1, 0.15) is 5.69 Å². The highest BCUT2D eigenvalue weighted by atomic mass is 19.4. The van der Waals surface area contributed by atoms with E-state index in [1.54, 1.807) is 0 Å². The standard InChI is InChI=1S/C12H12F3N3O4/c13-12(14,15)8-5-17(4-7(8)11(19)20)10-3-6(16)1-2-9(10)18(21)22/h1-3,7-8H,4-5,16H2,(H,19,20)/t7-,8-/m1/s1. The Balaban J connectivity index is 2.41. The summed E-state index contributed by atoms with van der Waals surface area (Å²) >= 11 is 0. The number of rotatable bonds is 3. The molecule has 0 spiro atoms. The third-order valence-corrected chi connectivity index (χ3v) is 3.59. The topological polar surface area (TPSA) is 110 Å². The molecule has 3 N–H and O–H groups in total. The molecule has 2 rings (SSSR count). The number of carboxylic acids is 1. The average molecular weight is 319 g/mol. The van der Waals surface area contributed by atoms with Crippen LogP contribution in [0.15, 0.2) is 18.2 Å². The van der Waals surface area contributed by atoms with Gasteiger partial charge in [-0.25, -0.2) is 0 Å². The van der Waals surface area contributed by atoms with Crippen molar-refractivity contribution in [2.24, 2.45) is 11.8 Å². The van der Waals surface area contributed by atoms with Crippen LogP contribution in [0, 0.1) is 22.0 Å². The number of benzene rings is 1. The number of aliphatic carboxylic acids is 1. The van der Waals surface area contributed by atoms with E-state index in [2.05, 4.69) is 0 Å². The molecule has 1 aromatic carbocycles. The molecule has 0 bridgehead atoms. The summed E-state index contributed by atoms with van der Waals surface area (Å²) in [5.41, 5.74) is 5.14. The molecule has 120 valence electrons. The van der Waals surface area contributed by atoms with Crippen LogP contribution in [0.3, 0.4) is 0 Å².